The predicted molar refractivity (Wildman–Crippen MR) is 125 cm³/mol. The molecule has 9 nitrogen and oxygen atoms in total. The molecular weight excluding hydrogens is 446 g/mol. The lowest BCUT2D eigenvalue weighted by atomic mass is 10.2. The summed E-state index contributed by atoms with van der Waals surface area (Å²) in [5.74, 6) is 0.0946. The third-order valence-corrected chi connectivity index (χ3v) is 5.33. The number of benzene rings is 2. The zero-order valence-electron chi connectivity index (χ0n) is 17.9. The molecule has 0 aliphatic rings. The highest BCUT2D eigenvalue weighted by atomic mass is 35.5. The van der Waals surface area contributed by atoms with E-state index in [0.717, 1.165) is 14.7 Å². The lowest BCUT2D eigenvalue weighted by molar-refractivity contribution is -0.116. The second kappa shape index (κ2) is 9.25. The number of nitrogens with one attached hydrogen (secondary N) is 1. The van der Waals surface area contributed by atoms with E-state index in [9.17, 15) is 14.4 Å². The quantitative estimate of drug-likeness (QED) is 0.469. The minimum atomic E-state index is -0.680. The van der Waals surface area contributed by atoms with Gasteiger partial charge in [-0.05, 0) is 42.3 Å². The lowest BCUT2D eigenvalue weighted by Crippen LogP contribution is -2.42. The van der Waals surface area contributed by atoms with E-state index in [-0.39, 0.29) is 24.3 Å². The van der Waals surface area contributed by atoms with Gasteiger partial charge in [-0.25, -0.2) is 14.8 Å². The monoisotopic (exact) mass is 465 g/mol. The molecule has 0 radical (unpaired) electrons. The number of nitrogens with zero attached hydrogens (tertiary/aromatic N) is 4. The Balaban J connectivity index is 1.75. The summed E-state index contributed by atoms with van der Waals surface area (Å²) in [5.41, 5.74) is 0.783. The van der Waals surface area contributed by atoms with Gasteiger partial charge in [0.25, 0.3) is 5.56 Å². The average Bonchev–Trinajstić information content (AvgIpc) is 2.81. The molecular formula is C23H20ClN5O4. The van der Waals surface area contributed by atoms with Crippen LogP contribution in [0.2, 0.25) is 5.02 Å². The maximum Gasteiger partial charge on any atom is 0.333 e. The number of aryl methyl sites for hydroxylation is 1. The number of fused-ring (bicyclic) bond motifs is 1. The molecule has 2 heterocycles. The SMILES string of the molecule is COc1cccc(Cn2c(=O)c3nccnc3n(CC(=O)Nc3ccc(C)cc3Cl)c2=O)c1. The van der Waals surface area contributed by atoms with Gasteiger partial charge in [-0.1, -0.05) is 29.8 Å². The Kier molecular flexibility index (Phi) is 6.23. The number of carbonyl (C=O) groups is 1. The van der Waals surface area contributed by atoms with Gasteiger partial charge in [0, 0.05) is 12.4 Å². The van der Waals surface area contributed by atoms with Crippen LogP contribution in [0.25, 0.3) is 11.2 Å². The summed E-state index contributed by atoms with van der Waals surface area (Å²) >= 11 is 6.20. The first-order valence-corrected chi connectivity index (χ1v) is 10.4. The largest absolute Gasteiger partial charge is 0.497 e. The van der Waals surface area contributed by atoms with Gasteiger partial charge in [0.1, 0.15) is 12.3 Å². The first kappa shape index (κ1) is 22.2. The maximum absolute atomic E-state index is 13.3. The molecule has 2 aromatic carbocycles. The zero-order valence-corrected chi connectivity index (χ0v) is 18.7. The Bertz CT molecular complexity index is 1480. The van der Waals surface area contributed by atoms with Gasteiger partial charge in [-0.2, -0.15) is 0 Å². The summed E-state index contributed by atoms with van der Waals surface area (Å²) in [6, 6.07) is 12.2. The number of rotatable bonds is 6. The standard InChI is InChI=1S/C23H20ClN5O4/c1-14-6-7-18(17(24)10-14)27-19(30)13-28-21-20(25-8-9-26-21)22(31)29(23(28)32)12-15-4-3-5-16(11-15)33-2/h3-11H,12-13H2,1-2H3,(H,27,30). The van der Waals surface area contributed by atoms with Crippen molar-refractivity contribution in [2.24, 2.45) is 0 Å². The van der Waals surface area contributed by atoms with Crippen LogP contribution in [0.5, 0.6) is 5.75 Å². The molecule has 0 saturated carbocycles. The van der Waals surface area contributed by atoms with Crippen LogP contribution in [0.1, 0.15) is 11.1 Å². The molecule has 0 aliphatic carbocycles. The van der Waals surface area contributed by atoms with Gasteiger partial charge >= 0.3 is 5.69 Å². The van der Waals surface area contributed by atoms with Crippen LogP contribution in [0.3, 0.4) is 0 Å². The van der Waals surface area contributed by atoms with Crippen molar-refractivity contribution in [1.29, 1.82) is 0 Å². The zero-order chi connectivity index (χ0) is 23.5. The number of hydrogen-bond acceptors (Lipinski definition) is 6. The number of anilines is 1. The highest BCUT2D eigenvalue weighted by molar-refractivity contribution is 6.33. The fraction of sp³-hybridized carbons (Fsp3) is 0.174. The summed E-state index contributed by atoms with van der Waals surface area (Å²) in [6.07, 6.45) is 2.72. The van der Waals surface area contributed by atoms with Gasteiger partial charge < -0.3 is 10.1 Å². The van der Waals surface area contributed by atoms with Crippen molar-refractivity contribution in [3.8, 4) is 5.75 Å². The summed E-state index contributed by atoms with van der Waals surface area (Å²) < 4.78 is 7.37. The highest BCUT2D eigenvalue weighted by Crippen LogP contribution is 2.22. The number of aromatic nitrogens is 4. The maximum atomic E-state index is 13.3. The Morgan fingerprint density at radius 2 is 1.88 bits per heavy atom. The number of methoxy groups -OCH3 is 1. The predicted octanol–water partition coefficient (Wildman–Crippen LogP) is 2.61. The van der Waals surface area contributed by atoms with Gasteiger partial charge in [0.05, 0.1) is 24.4 Å². The molecule has 0 bridgehead atoms. The van der Waals surface area contributed by atoms with Crippen molar-refractivity contribution in [3.63, 3.8) is 0 Å². The molecule has 0 aliphatic heterocycles. The molecule has 33 heavy (non-hydrogen) atoms. The van der Waals surface area contributed by atoms with Gasteiger partial charge in [-0.3, -0.25) is 18.7 Å². The van der Waals surface area contributed by atoms with E-state index in [1.54, 1.807) is 36.4 Å². The van der Waals surface area contributed by atoms with E-state index < -0.39 is 17.2 Å². The van der Waals surface area contributed by atoms with E-state index in [0.29, 0.717) is 22.0 Å². The van der Waals surface area contributed by atoms with Crippen molar-refractivity contribution >= 4 is 34.4 Å². The molecule has 4 rings (SSSR count). The first-order chi connectivity index (χ1) is 15.9. The second-order valence-corrected chi connectivity index (χ2v) is 7.78. The number of carbonyl (C=O) groups excluding carboxylic acids is 1. The molecule has 10 heteroatoms. The number of amides is 1. The van der Waals surface area contributed by atoms with Crippen LogP contribution in [-0.2, 0) is 17.9 Å². The minimum absolute atomic E-state index is 0.0128. The summed E-state index contributed by atoms with van der Waals surface area (Å²) in [5, 5.41) is 3.07. The summed E-state index contributed by atoms with van der Waals surface area (Å²) in [4.78, 5) is 47.3. The van der Waals surface area contributed by atoms with E-state index in [2.05, 4.69) is 15.3 Å². The van der Waals surface area contributed by atoms with Crippen LogP contribution >= 0.6 is 11.6 Å². The molecule has 0 atom stereocenters. The number of ether oxygens (including phenoxy) is 1. The normalized spacial score (nSPS) is 10.9. The Labute approximate surface area is 193 Å². The van der Waals surface area contributed by atoms with Crippen molar-refractivity contribution in [2.75, 3.05) is 12.4 Å². The topological polar surface area (TPSA) is 108 Å². The van der Waals surface area contributed by atoms with E-state index in [1.165, 1.54) is 19.5 Å². The number of hydrogen-bond donors (Lipinski definition) is 1. The van der Waals surface area contributed by atoms with Crippen LogP contribution < -0.4 is 21.3 Å². The summed E-state index contributed by atoms with van der Waals surface area (Å²) in [7, 11) is 1.53. The molecule has 0 saturated heterocycles. The molecule has 2 aromatic heterocycles. The lowest BCUT2D eigenvalue weighted by Gasteiger charge is -2.14. The minimum Gasteiger partial charge on any atom is -0.497 e. The highest BCUT2D eigenvalue weighted by Gasteiger charge is 2.18. The fourth-order valence-electron chi connectivity index (χ4n) is 3.42. The molecule has 1 N–H and O–H groups in total. The molecule has 4 aromatic rings. The van der Waals surface area contributed by atoms with Crippen molar-refractivity contribution < 1.29 is 9.53 Å². The van der Waals surface area contributed by atoms with E-state index in [4.69, 9.17) is 16.3 Å². The Hall–Kier alpha value is -3.98. The van der Waals surface area contributed by atoms with Gasteiger partial charge in [0.15, 0.2) is 11.2 Å². The van der Waals surface area contributed by atoms with Crippen LogP contribution in [0.15, 0.2) is 64.4 Å². The Morgan fingerprint density at radius 3 is 2.64 bits per heavy atom. The van der Waals surface area contributed by atoms with Crippen molar-refractivity contribution in [3.05, 3.63) is 91.8 Å². The van der Waals surface area contributed by atoms with Crippen molar-refractivity contribution in [1.82, 2.24) is 19.1 Å². The van der Waals surface area contributed by atoms with Gasteiger partial charge in [-0.15, -0.1) is 0 Å². The summed E-state index contributed by atoms with van der Waals surface area (Å²) in [6.45, 7) is 1.48. The molecule has 0 spiro atoms. The molecule has 0 unspecified atom stereocenters. The fourth-order valence-corrected chi connectivity index (χ4v) is 3.70. The average molecular weight is 466 g/mol. The molecule has 1 amide bonds. The third-order valence-electron chi connectivity index (χ3n) is 5.02. The second-order valence-electron chi connectivity index (χ2n) is 7.37. The Morgan fingerprint density at radius 1 is 1.09 bits per heavy atom. The smallest absolute Gasteiger partial charge is 0.333 e. The van der Waals surface area contributed by atoms with Gasteiger partial charge in [0.2, 0.25) is 5.91 Å². The van der Waals surface area contributed by atoms with Crippen LogP contribution in [0.4, 0.5) is 5.69 Å². The van der Waals surface area contributed by atoms with E-state index in [1.807, 2.05) is 13.0 Å². The first-order valence-electron chi connectivity index (χ1n) is 10.0. The molecule has 168 valence electrons. The van der Waals surface area contributed by atoms with Crippen molar-refractivity contribution in [2.45, 2.75) is 20.0 Å². The van der Waals surface area contributed by atoms with Crippen LogP contribution in [-0.4, -0.2) is 32.1 Å². The number of halogens is 1. The molecule has 0 fully saturated rings. The van der Waals surface area contributed by atoms with Crippen LogP contribution in [0, 0.1) is 6.92 Å². The van der Waals surface area contributed by atoms with E-state index >= 15 is 0 Å². The third kappa shape index (κ3) is 4.63.